The molecule has 4 nitrogen and oxygen atoms in total. The Bertz CT molecular complexity index is 520. The summed E-state index contributed by atoms with van der Waals surface area (Å²) in [6, 6.07) is 6.32. The van der Waals surface area contributed by atoms with Gasteiger partial charge in [0.2, 0.25) is 0 Å². The Morgan fingerprint density at radius 2 is 1.85 bits per heavy atom. The van der Waals surface area contributed by atoms with E-state index in [0.717, 1.165) is 5.56 Å². The monoisotopic (exact) mass is 285 g/mol. The highest BCUT2D eigenvalue weighted by molar-refractivity contribution is 6.07. The highest BCUT2D eigenvalue weighted by Crippen LogP contribution is 2.20. The van der Waals surface area contributed by atoms with E-state index in [1.807, 2.05) is 0 Å². The van der Waals surface area contributed by atoms with Crippen molar-refractivity contribution in [2.45, 2.75) is 18.6 Å². The number of nitrogens with zero attached hydrogens (tertiary/aromatic N) is 1. The lowest BCUT2D eigenvalue weighted by Crippen LogP contribution is -2.38. The van der Waals surface area contributed by atoms with Crippen LogP contribution in [0, 0.1) is 6.57 Å². The van der Waals surface area contributed by atoms with Gasteiger partial charge in [-0.25, -0.2) is 11.4 Å². The Labute approximate surface area is 113 Å². The molecule has 0 aromatic heterocycles. The first-order chi connectivity index (χ1) is 9.36. The molecule has 0 aliphatic rings. The summed E-state index contributed by atoms with van der Waals surface area (Å²) in [5.74, 6) is -3.88. The largest absolute Gasteiger partial charge is 0.459 e. The number of esters is 1. The van der Waals surface area contributed by atoms with E-state index in [0.29, 0.717) is 0 Å². The standard InChI is InChI=1S/C13H10F3NO3/c1-17-10(11(18)13(14,15)16)12(19)20-8-7-9-5-3-2-4-6-9/h2-6,10H,7-8H2. The van der Waals surface area contributed by atoms with Gasteiger partial charge in [0.1, 0.15) is 0 Å². The number of benzene rings is 1. The fourth-order valence-electron chi connectivity index (χ4n) is 1.37. The molecule has 0 aliphatic heterocycles. The molecule has 0 N–H and O–H groups in total. The summed E-state index contributed by atoms with van der Waals surface area (Å²) in [4.78, 5) is 24.5. The number of hydrogen-bond acceptors (Lipinski definition) is 3. The van der Waals surface area contributed by atoms with Gasteiger partial charge in [0.15, 0.2) is 0 Å². The smallest absolute Gasteiger partial charge is 0.458 e. The van der Waals surface area contributed by atoms with Crippen molar-refractivity contribution >= 4 is 11.8 Å². The van der Waals surface area contributed by atoms with Gasteiger partial charge in [0.25, 0.3) is 0 Å². The minimum atomic E-state index is -5.23. The van der Waals surface area contributed by atoms with Crippen LogP contribution >= 0.6 is 0 Å². The molecule has 1 atom stereocenters. The number of rotatable bonds is 5. The van der Waals surface area contributed by atoms with Gasteiger partial charge in [-0.3, -0.25) is 9.64 Å². The molecule has 0 saturated carbocycles. The van der Waals surface area contributed by atoms with E-state index in [1.54, 1.807) is 30.3 Å². The molecule has 0 bridgehead atoms. The number of carbonyl (C=O) groups is 2. The lowest BCUT2D eigenvalue weighted by atomic mass is 10.1. The maximum atomic E-state index is 12.1. The van der Waals surface area contributed by atoms with Crippen LogP contribution < -0.4 is 0 Å². The van der Waals surface area contributed by atoms with Crippen LogP contribution in [0.25, 0.3) is 4.85 Å². The van der Waals surface area contributed by atoms with Crippen LogP contribution in [0.2, 0.25) is 0 Å². The average Bonchev–Trinajstić information content (AvgIpc) is 2.39. The quantitative estimate of drug-likeness (QED) is 0.473. The van der Waals surface area contributed by atoms with Crippen LogP contribution in [0.1, 0.15) is 5.56 Å². The number of hydrogen-bond donors (Lipinski definition) is 0. The van der Waals surface area contributed by atoms with Crippen molar-refractivity contribution in [3.8, 4) is 0 Å². The summed E-state index contributed by atoms with van der Waals surface area (Å²) in [5.41, 5.74) is 0.821. The maximum Gasteiger partial charge on any atom is 0.458 e. The number of carbonyl (C=O) groups excluding carboxylic acids is 2. The summed E-state index contributed by atoms with van der Waals surface area (Å²) in [6.07, 6.45) is -4.94. The molecule has 0 amide bonds. The summed E-state index contributed by atoms with van der Waals surface area (Å²) in [7, 11) is 0. The number of Topliss-reactive ketones (excluding diaryl/α,β-unsaturated/α-hetero) is 1. The van der Waals surface area contributed by atoms with Crippen molar-refractivity contribution in [3.05, 3.63) is 47.3 Å². The summed E-state index contributed by atoms with van der Waals surface area (Å²) >= 11 is 0. The van der Waals surface area contributed by atoms with E-state index in [4.69, 9.17) is 6.57 Å². The van der Waals surface area contributed by atoms with Gasteiger partial charge < -0.3 is 4.74 Å². The number of ether oxygens (including phenoxy) is 1. The molecule has 0 fully saturated rings. The zero-order valence-corrected chi connectivity index (χ0v) is 10.2. The number of halogens is 3. The second-order valence-electron chi connectivity index (χ2n) is 3.80. The molecule has 7 heteroatoms. The van der Waals surface area contributed by atoms with Gasteiger partial charge in [-0.05, 0) is 5.56 Å². The Morgan fingerprint density at radius 1 is 1.25 bits per heavy atom. The fourth-order valence-corrected chi connectivity index (χ4v) is 1.37. The third kappa shape index (κ3) is 4.39. The zero-order chi connectivity index (χ0) is 15.2. The van der Waals surface area contributed by atoms with Crippen molar-refractivity contribution < 1.29 is 27.5 Å². The van der Waals surface area contributed by atoms with Crippen LogP contribution in [0.3, 0.4) is 0 Å². The van der Waals surface area contributed by atoms with Gasteiger partial charge in [-0.15, -0.1) is 0 Å². The summed E-state index contributed by atoms with van der Waals surface area (Å²) in [6.45, 7) is 6.31. The van der Waals surface area contributed by atoms with E-state index in [-0.39, 0.29) is 13.0 Å². The van der Waals surface area contributed by atoms with E-state index < -0.39 is 24.0 Å². The number of alkyl halides is 3. The molecule has 1 aromatic carbocycles. The topological polar surface area (TPSA) is 47.7 Å². The normalized spacial score (nSPS) is 12.3. The molecule has 1 aromatic rings. The molecule has 106 valence electrons. The maximum absolute atomic E-state index is 12.1. The molecular weight excluding hydrogens is 275 g/mol. The SMILES string of the molecule is [C-]#[N+]C(C(=O)OCCc1ccccc1)C(=O)C(F)(F)F. The highest BCUT2D eigenvalue weighted by atomic mass is 19.4. The van der Waals surface area contributed by atoms with E-state index in [1.165, 1.54) is 0 Å². The van der Waals surface area contributed by atoms with E-state index in [2.05, 4.69) is 9.58 Å². The minimum absolute atomic E-state index is 0.194. The number of ketones is 1. The first-order valence-electron chi connectivity index (χ1n) is 5.54. The zero-order valence-electron chi connectivity index (χ0n) is 10.2. The van der Waals surface area contributed by atoms with Crippen molar-refractivity contribution in [1.29, 1.82) is 0 Å². The second kappa shape index (κ2) is 6.70. The van der Waals surface area contributed by atoms with Crippen molar-refractivity contribution in [1.82, 2.24) is 0 Å². The predicted octanol–water partition coefficient (Wildman–Crippen LogP) is 2.19. The van der Waals surface area contributed by atoms with Gasteiger partial charge >= 0.3 is 24.0 Å². The van der Waals surface area contributed by atoms with E-state index >= 15 is 0 Å². The molecular formula is C13H10F3NO3. The Morgan fingerprint density at radius 3 is 2.35 bits per heavy atom. The van der Waals surface area contributed by atoms with Crippen molar-refractivity contribution in [2.24, 2.45) is 0 Å². The van der Waals surface area contributed by atoms with Crippen molar-refractivity contribution in [2.75, 3.05) is 6.61 Å². The van der Waals surface area contributed by atoms with Gasteiger partial charge in [-0.1, -0.05) is 30.3 Å². The predicted molar refractivity (Wildman–Crippen MR) is 62.6 cm³/mol. The van der Waals surface area contributed by atoms with Crippen LogP contribution in [0.5, 0.6) is 0 Å². The van der Waals surface area contributed by atoms with Gasteiger partial charge in [-0.2, -0.15) is 13.2 Å². The molecule has 0 heterocycles. The van der Waals surface area contributed by atoms with Gasteiger partial charge in [0.05, 0.1) is 6.61 Å². The molecule has 0 radical (unpaired) electrons. The average molecular weight is 285 g/mol. The molecule has 1 rings (SSSR count). The summed E-state index contributed by atoms with van der Waals surface area (Å²) < 4.78 is 40.9. The van der Waals surface area contributed by atoms with Crippen LogP contribution in [-0.4, -0.2) is 30.6 Å². The Kier molecular flexibility index (Phi) is 5.26. The van der Waals surface area contributed by atoms with Crippen LogP contribution in [-0.2, 0) is 20.7 Å². The first-order valence-corrected chi connectivity index (χ1v) is 5.54. The van der Waals surface area contributed by atoms with Crippen LogP contribution in [0.4, 0.5) is 13.2 Å². The van der Waals surface area contributed by atoms with E-state index in [9.17, 15) is 22.8 Å². The van der Waals surface area contributed by atoms with Crippen molar-refractivity contribution in [3.63, 3.8) is 0 Å². The molecule has 1 unspecified atom stereocenters. The molecule has 20 heavy (non-hydrogen) atoms. The summed E-state index contributed by atoms with van der Waals surface area (Å²) in [5, 5.41) is 0. The van der Waals surface area contributed by atoms with Crippen LogP contribution in [0.15, 0.2) is 30.3 Å². The lowest BCUT2D eigenvalue weighted by Gasteiger charge is -2.08. The third-order valence-corrected chi connectivity index (χ3v) is 2.36. The van der Waals surface area contributed by atoms with Gasteiger partial charge in [0, 0.05) is 6.42 Å². The minimum Gasteiger partial charge on any atom is -0.459 e. The molecule has 0 aliphatic carbocycles. The highest BCUT2D eigenvalue weighted by Gasteiger charge is 2.51. The molecule has 0 saturated heterocycles. The third-order valence-electron chi connectivity index (χ3n) is 2.36. The Balaban J connectivity index is 2.53. The molecule has 0 spiro atoms. The fraction of sp³-hybridized carbons (Fsp3) is 0.308. The lowest BCUT2D eigenvalue weighted by molar-refractivity contribution is -0.175. The second-order valence-corrected chi connectivity index (χ2v) is 3.80. The first kappa shape index (κ1) is 15.7. The Hall–Kier alpha value is -2.36.